The van der Waals surface area contributed by atoms with Gasteiger partial charge in [0.15, 0.2) is 29.2 Å². The monoisotopic (exact) mass is 797 g/mol. The summed E-state index contributed by atoms with van der Waals surface area (Å²) in [5, 5.41) is 37.1. The zero-order valence-electron chi connectivity index (χ0n) is 31.9. The lowest BCUT2D eigenvalue weighted by Crippen LogP contribution is -2.88. The second-order valence-corrected chi connectivity index (χ2v) is 15.4. The lowest BCUT2D eigenvalue weighted by Gasteiger charge is -2.66. The molecule has 0 amide bonds. The van der Waals surface area contributed by atoms with E-state index >= 15 is 4.79 Å². The van der Waals surface area contributed by atoms with Crippen molar-refractivity contribution >= 4 is 41.6 Å². The van der Waals surface area contributed by atoms with Crippen molar-refractivity contribution in [2.75, 3.05) is 13.2 Å². The Morgan fingerprint density at radius 1 is 0.877 bits per heavy atom. The molecule has 2 aliphatic carbocycles. The van der Waals surface area contributed by atoms with Gasteiger partial charge in [-0.1, -0.05) is 18.2 Å². The summed E-state index contributed by atoms with van der Waals surface area (Å²) in [5.41, 5.74) is -13.2. The lowest BCUT2D eigenvalue weighted by molar-refractivity contribution is -0.375. The predicted octanol–water partition coefficient (Wildman–Crippen LogP) is 0.338. The highest BCUT2D eigenvalue weighted by Crippen LogP contribution is 2.68. The lowest BCUT2D eigenvalue weighted by atomic mass is 9.45. The second kappa shape index (κ2) is 14.6. The van der Waals surface area contributed by atoms with Gasteiger partial charge in [0, 0.05) is 27.0 Å². The van der Waals surface area contributed by atoms with E-state index in [9.17, 15) is 44.1 Å². The molecule has 1 aromatic carbocycles. The summed E-state index contributed by atoms with van der Waals surface area (Å²) < 4.78 is 41.5. The number of hydrogen-bond acceptors (Lipinski definition) is 18. The number of aromatic nitrogens is 1. The Bertz CT molecular complexity index is 2000. The molecule has 18 heteroatoms. The SMILES string of the molecule is CC(=O)OC[C@]12[C@H](OC(C)=O)C(=O)[C@@H]3[C@@H](OC(C)=O)[C@@]14O[C@@]3(C)COC(=O)c1cccnc1CC[C@@](C)(O)C(=O)O[C@@H]([C@H](O)[C@@H]2OC(=O)c1ccccc1)[C@]4(C)O. The quantitative estimate of drug-likeness (QED) is 0.263. The molecule has 6 rings (SSSR count). The topological polar surface area (TPSA) is 258 Å². The van der Waals surface area contributed by atoms with Crippen LogP contribution in [0.2, 0.25) is 0 Å². The molecule has 4 bridgehead atoms. The fourth-order valence-electron chi connectivity index (χ4n) is 8.89. The number of ketones is 1. The highest BCUT2D eigenvalue weighted by molar-refractivity contribution is 5.94. The number of carbonyl (C=O) groups excluding carboxylic acids is 7. The molecule has 2 aromatic rings. The number of benzene rings is 1. The van der Waals surface area contributed by atoms with Crippen molar-refractivity contribution < 1.29 is 82.0 Å². The van der Waals surface area contributed by atoms with Crippen LogP contribution < -0.4 is 0 Å². The highest BCUT2D eigenvalue weighted by Gasteiger charge is 2.91. The van der Waals surface area contributed by atoms with Crippen LogP contribution in [0.1, 0.15) is 74.4 Å². The van der Waals surface area contributed by atoms with Crippen LogP contribution in [0.25, 0.3) is 0 Å². The van der Waals surface area contributed by atoms with Crippen LogP contribution in [0.15, 0.2) is 48.7 Å². The second-order valence-electron chi connectivity index (χ2n) is 15.4. The first-order chi connectivity index (χ1) is 26.6. The zero-order valence-corrected chi connectivity index (χ0v) is 31.9. The Kier molecular flexibility index (Phi) is 10.6. The van der Waals surface area contributed by atoms with Gasteiger partial charge in [-0.2, -0.15) is 0 Å². The van der Waals surface area contributed by atoms with E-state index in [0.29, 0.717) is 0 Å². The average Bonchev–Trinajstić information content (AvgIpc) is 3.37. The summed E-state index contributed by atoms with van der Waals surface area (Å²) in [6.45, 7) is 4.26. The number of aliphatic hydroxyl groups is 3. The minimum absolute atomic E-state index is 0.0850. The van der Waals surface area contributed by atoms with E-state index in [0.717, 1.165) is 34.6 Å². The van der Waals surface area contributed by atoms with Gasteiger partial charge in [0.2, 0.25) is 0 Å². The molecule has 0 unspecified atom stereocenters. The molecule has 3 fully saturated rings. The van der Waals surface area contributed by atoms with Gasteiger partial charge in [0.05, 0.1) is 22.7 Å². The molecular weight excluding hydrogens is 754 g/mol. The van der Waals surface area contributed by atoms with E-state index in [2.05, 4.69) is 4.98 Å². The number of cyclic esters (lactones) is 1. The number of fused-ring (bicyclic) bond motifs is 5. The fraction of sp³-hybridized carbons (Fsp3) is 0.538. The number of Topliss-reactive ketones (excluding diaryl/α,β-unsaturated/α-hetero) is 1. The molecule has 0 radical (unpaired) electrons. The van der Waals surface area contributed by atoms with Gasteiger partial charge in [-0.25, -0.2) is 14.4 Å². The third-order valence-electron chi connectivity index (χ3n) is 11.4. The smallest absolute Gasteiger partial charge is 0.340 e. The Balaban J connectivity index is 1.71. The molecule has 1 aromatic heterocycles. The molecule has 1 saturated heterocycles. The van der Waals surface area contributed by atoms with Gasteiger partial charge >= 0.3 is 35.8 Å². The first kappa shape index (κ1) is 41.3. The van der Waals surface area contributed by atoms with Crippen LogP contribution in [0, 0.1) is 11.3 Å². The minimum atomic E-state index is -2.93. The first-order valence-electron chi connectivity index (χ1n) is 18.1. The van der Waals surface area contributed by atoms with Crippen molar-refractivity contribution in [2.24, 2.45) is 11.3 Å². The van der Waals surface area contributed by atoms with Crippen LogP contribution in [0.3, 0.4) is 0 Å². The Morgan fingerprint density at radius 2 is 1.54 bits per heavy atom. The Morgan fingerprint density at radius 3 is 2.18 bits per heavy atom. The van der Waals surface area contributed by atoms with Crippen LogP contribution >= 0.6 is 0 Å². The number of ether oxygens (including phenoxy) is 7. The maximum absolute atomic E-state index is 15.2. The summed E-state index contributed by atoms with van der Waals surface area (Å²) in [6.07, 6.45) is -10.5. The van der Waals surface area contributed by atoms with Gasteiger partial charge in [-0.15, -0.1) is 0 Å². The predicted molar refractivity (Wildman–Crippen MR) is 187 cm³/mol. The zero-order chi connectivity index (χ0) is 41.9. The number of rotatable bonds is 6. The Hall–Kier alpha value is -5.30. The number of pyridine rings is 1. The van der Waals surface area contributed by atoms with Gasteiger partial charge in [-0.05, 0) is 57.9 Å². The van der Waals surface area contributed by atoms with Crippen LogP contribution in [0.4, 0.5) is 0 Å². The summed E-state index contributed by atoms with van der Waals surface area (Å²) in [7, 11) is 0. The van der Waals surface area contributed by atoms with Crippen LogP contribution in [0.5, 0.6) is 0 Å². The summed E-state index contributed by atoms with van der Waals surface area (Å²) in [4.78, 5) is 99.9. The largest absolute Gasteiger partial charge is 0.465 e. The maximum atomic E-state index is 15.2. The molecule has 4 aliphatic rings. The molecule has 2 saturated carbocycles. The molecule has 18 nitrogen and oxygen atoms in total. The van der Waals surface area contributed by atoms with Crippen molar-refractivity contribution in [2.45, 2.75) is 107 Å². The van der Waals surface area contributed by atoms with Crippen LogP contribution in [-0.4, -0.2) is 128 Å². The molecule has 306 valence electrons. The number of nitrogens with zero attached hydrogens (tertiary/aromatic N) is 1. The summed E-state index contributed by atoms with van der Waals surface area (Å²) in [6, 6.07) is 10.1. The van der Waals surface area contributed by atoms with Gasteiger partial charge in [0.1, 0.15) is 48.1 Å². The average molecular weight is 798 g/mol. The molecular formula is C39H43NO17. The molecule has 1 spiro atoms. The normalized spacial score (nSPS) is 37.3. The third kappa shape index (κ3) is 6.53. The minimum Gasteiger partial charge on any atom is -0.465 e. The van der Waals surface area contributed by atoms with Gasteiger partial charge in [-0.3, -0.25) is 24.2 Å². The van der Waals surface area contributed by atoms with E-state index in [-0.39, 0.29) is 23.2 Å². The standard InChI is InChI=1S/C39H43NO17/c1-19(41)51-18-38-30(54-21(3)43)26(44)25-28(53-20(2)42)39(38)37(6,50)29(27(45)31(38)55-32(46)22-11-8-7-9-12-22)56-34(48)35(4,49)15-14-24-23(13-10-16-40-24)33(47)52-17-36(25,5)57-39/h7-13,16,25,27-31,45,49-50H,14-15,17-18H2,1-6H3/t25-,27+,28-,29+,30-,31+,35-,36+,37+,38-,39+/m1/s1. The maximum Gasteiger partial charge on any atom is 0.340 e. The number of carbonyl (C=O) groups is 7. The first-order valence-corrected chi connectivity index (χ1v) is 18.1. The fourth-order valence-corrected chi connectivity index (χ4v) is 8.89. The number of esters is 6. The van der Waals surface area contributed by atoms with Crippen molar-refractivity contribution in [1.29, 1.82) is 0 Å². The summed E-state index contributed by atoms with van der Waals surface area (Å²) >= 11 is 0. The van der Waals surface area contributed by atoms with E-state index in [1.54, 1.807) is 6.07 Å². The van der Waals surface area contributed by atoms with Crippen molar-refractivity contribution in [3.05, 3.63) is 65.5 Å². The summed E-state index contributed by atoms with van der Waals surface area (Å²) in [5.74, 6) is -9.64. The van der Waals surface area contributed by atoms with Crippen LogP contribution in [-0.2, 0) is 63.6 Å². The Labute approximate surface area is 325 Å². The van der Waals surface area contributed by atoms with E-state index < -0.39 is 125 Å². The molecule has 2 aliphatic heterocycles. The molecule has 3 N–H and O–H groups in total. The molecule has 11 atom stereocenters. The number of aliphatic hydroxyl groups excluding tert-OH is 1. The molecule has 3 heterocycles. The van der Waals surface area contributed by atoms with Crippen molar-refractivity contribution in [1.82, 2.24) is 4.98 Å². The van der Waals surface area contributed by atoms with Gasteiger partial charge < -0.3 is 48.5 Å². The van der Waals surface area contributed by atoms with E-state index in [1.165, 1.54) is 49.5 Å². The van der Waals surface area contributed by atoms with E-state index in [4.69, 9.17) is 33.2 Å². The van der Waals surface area contributed by atoms with Crippen molar-refractivity contribution in [3.8, 4) is 0 Å². The van der Waals surface area contributed by atoms with E-state index in [1.807, 2.05) is 0 Å². The third-order valence-corrected chi connectivity index (χ3v) is 11.4. The van der Waals surface area contributed by atoms with Crippen molar-refractivity contribution in [3.63, 3.8) is 0 Å². The highest BCUT2D eigenvalue weighted by atomic mass is 16.7. The number of aryl methyl sites for hydroxylation is 1. The number of hydrogen-bond donors (Lipinski definition) is 3. The van der Waals surface area contributed by atoms with Gasteiger partial charge in [0.25, 0.3) is 0 Å². The molecule has 57 heavy (non-hydrogen) atoms.